The van der Waals surface area contributed by atoms with E-state index in [-0.39, 0.29) is 0 Å². The van der Waals surface area contributed by atoms with Crippen LogP contribution < -0.4 is 9.64 Å². The summed E-state index contributed by atoms with van der Waals surface area (Å²) in [6, 6.07) is 8.00. The van der Waals surface area contributed by atoms with Gasteiger partial charge in [-0.3, -0.25) is 0 Å². The number of thiol groups is 1. The van der Waals surface area contributed by atoms with Gasteiger partial charge in [0, 0.05) is 25.0 Å². The third-order valence-electron chi connectivity index (χ3n) is 2.32. The maximum atomic E-state index is 5.38. The number of likely N-dealkylation sites (N-methyl/N-ethyl adjacent to an activating group) is 1. The van der Waals surface area contributed by atoms with Crippen LogP contribution >= 0.6 is 12.6 Å². The molecule has 0 amide bonds. The average molecular weight is 241 g/mol. The molecule has 4 heteroatoms. The second kappa shape index (κ2) is 7.41. The molecule has 0 saturated carbocycles. The highest BCUT2D eigenvalue weighted by atomic mass is 32.1. The van der Waals surface area contributed by atoms with E-state index in [1.165, 1.54) is 0 Å². The van der Waals surface area contributed by atoms with E-state index in [9.17, 15) is 0 Å². The summed E-state index contributed by atoms with van der Waals surface area (Å²) in [6.45, 7) is 2.31. The van der Waals surface area contributed by atoms with Gasteiger partial charge in [-0.1, -0.05) is 0 Å². The largest absolute Gasteiger partial charge is 0.497 e. The molecule has 0 saturated heterocycles. The molecular formula is C12H19NO2S. The van der Waals surface area contributed by atoms with Crippen LogP contribution in [0.1, 0.15) is 0 Å². The van der Waals surface area contributed by atoms with Crippen molar-refractivity contribution < 1.29 is 9.47 Å². The molecule has 1 aromatic carbocycles. The lowest BCUT2D eigenvalue weighted by molar-refractivity contribution is 0.157. The summed E-state index contributed by atoms with van der Waals surface area (Å²) in [6.07, 6.45) is 0. The molecule has 0 spiro atoms. The molecule has 0 unspecified atom stereocenters. The zero-order chi connectivity index (χ0) is 11.8. The van der Waals surface area contributed by atoms with Gasteiger partial charge in [0.05, 0.1) is 20.3 Å². The third-order valence-corrected chi connectivity index (χ3v) is 2.50. The lowest BCUT2D eigenvalue weighted by atomic mass is 10.3. The van der Waals surface area contributed by atoms with Gasteiger partial charge in [-0.15, -0.1) is 0 Å². The van der Waals surface area contributed by atoms with Crippen LogP contribution in [0, 0.1) is 0 Å². The van der Waals surface area contributed by atoms with Gasteiger partial charge in [0.25, 0.3) is 0 Å². The standard InChI is InChI=1S/C12H19NO2S/c1-13(7-8-15-9-10-16)11-3-5-12(14-2)6-4-11/h3-6,16H,7-10H2,1-2H3. The summed E-state index contributed by atoms with van der Waals surface area (Å²) in [5.74, 6) is 1.65. The van der Waals surface area contributed by atoms with Crippen molar-refractivity contribution in [2.75, 3.05) is 44.6 Å². The van der Waals surface area contributed by atoms with Crippen molar-refractivity contribution in [3.8, 4) is 5.75 Å². The van der Waals surface area contributed by atoms with Crippen LogP contribution in [-0.4, -0.2) is 39.7 Å². The average Bonchev–Trinajstić information content (AvgIpc) is 2.34. The molecule has 0 N–H and O–H groups in total. The minimum atomic E-state index is 0.708. The van der Waals surface area contributed by atoms with Crippen molar-refractivity contribution in [1.82, 2.24) is 0 Å². The minimum Gasteiger partial charge on any atom is -0.497 e. The first kappa shape index (κ1) is 13.2. The Hall–Kier alpha value is -0.870. The Morgan fingerprint density at radius 3 is 2.44 bits per heavy atom. The molecular weight excluding hydrogens is 222 g/mol. The zero-order valence-corrected chi connectivity index (χ0v) is 10.7. The van der Waals surface area contributed by atoms with Crippen LogP contribution in [-0.2, 0) is 4.74 Å². The molecule has 3 nitrogen and oxygen atoms in total. The molecule has 0 radical (unpaired) electrons. The van der Waals surface area contributed by atoms with Gasteiger partial charge in [0.2, 0.25) is 0 Å². The summed E-state index contributed by atoms with van der Waals surface area (Å²) >= 11 is 4.08. The molecule has 0 bridgehead atoms. The van der Waals surface area contributed by atoms with Crippen molar-refractivity contribution in [3.05, 3.63) is 24.3 Å². The Bertz CT molecular complexity index is 290. The predicted octanol–water partition coefficient (Wildman–Crippen LogP) is 2.08. The maximum absolute atomic E-state index is 5.38. The molecule has 16 heavy (non-hydrogen) atoms. The maximum Gasteiger partial charge on any atom is 0.119 e. The van der Waals surface area contributed by atoms with Crippen molar-refractivity contribution >= 4 is 18.3 Å². The number of anilines is 1. The Kier molecular flexibility index (Phi) is 6.11. The van der Waals surface area contributed by atoms with Crippen molar-refractivity contribution in [1.29, 1.82) is 0 Å². The third kappa shape index (κ3) is 4.33. The Morgan fingerprint density at radius 2 is 1.88 bits per heavy atom. The highest BCUT2D eigenvalue weighted by Crippen LogP contribution is 2.17. The van der Waals surface area contributed by atoms with E-state index in [0.717, 1.165) is 30.3 Å². The van der Waals surface area contributed by atoms with Gasteiger partial charge < -0.3 is 14.4 Å². The van der Waals surface area contributed by atoms with Crippen LogP contribution in [0.5, 0.6) is 5.75 Å². The molecule has 0 aliphatic rings. The first-order valence-electron chi connectivity index (χ1n) is 5.31. The SMILES string of the molecule is COc1ccc(N(C)CCOCCS)cc1. The number of nitrogens with zero attached hydrogens (tertiary/aromatic N) is 1. The normalized spacial score (nSPS) is 10.2. The number of hydrogen-bond donors (Lipinski definition) is 1. The number of hydrogen-bond acceptors (Lipinski definition) is 4. The summed E-state index contributed by atoms with van der Waals surface area (Å²) < 4.78 is 10.5. The first-order chi connectivity index (χ1) is 7.77. The molecule has 0 aromatic heterocycles. The van der Waals surface area contributed by atoms with E-state index < -0.39 is 0 Å². The number of benzene rings is 1. The Labute approximate surface area is 103 Å². The van der Waals surface area contributed by atoms with Gasteiger partial charge in [-0.05, 0) is 24.3 Å². The number of methoxy groups -OCH3 is 1. The molecule has 0 aliphatic carbocycles. The second-order valence-corrected chi connectivity index (χ2v) is 3.90. The minimum absolute atomic E-state index is 0.708. The fourth-order valence-corrected chi connectivity index (χ4v) is 1.46. The molecule has 0 atom stereocenters. The molecule has 1 aromatic rings. The molecule has 1 rings (SSSR count). The van der Waals surface area contributed by atoms with Crippen molar-refractivity contribution in [2.45, 2.75) is 0 Å². The second-order valence-electron chi connectivity index (χ2n) is 3.46. The Morgan fingerprint density at radius 1 is 1.19 bits per heavy atom. The van der Waals surface area contributed by atoms with Gasteiger partial charge >= 0.3 is 0 Å². The van der Waals surface area contributed by atoms with E-state index in [2.05, 4.69) is 17.5 Å². The molecule has 90 valence electrons. The molecule has 0 heterocycles. The van der Waals surface area contributed by atoms with Gasteiger partial charge in [0.1, 0.15) is 5.75 Å². The summed E-state index contributed by atoms with van der Waals surface area (Å²) in [4.78, 5) is 2.15. The summed E-state index contributed by atoms with van der Waals surface area (Å²) in [5, 5.41) is 0. The highest BCUT2D eigenvalue weighted by Gasteiger charge is 2.00. The fourth-order valence-electron chi connectivity index (χ4n) is 1.33. The van der Waals surface area contributed by atoms with Gasteiger partial charge in [0.15, 0.2) is 0 Å². The van der Waals surface area contributed by atoms with E-state index in [4.69, 9.17) is 9.47 Å². The lowest BCUT2D eigenvalue weighted by Gasteiger charge is -2.19. The van der Waals surface area contributed by atoms with Crippen molar-refractivity contribution in [3.63, 3.8) is 0 Å². The zero-order valence-electron chi connectivity index (χ0n) is 9.85. The van der Waals surface area contributed by atoms with Gasteiger partial charge in [-0.25, -0.2) is 0 Å². The highest BCUT2D eigenvalue weighted by molar-refractivity contribution is 7.80. The van der Waals surface area contributed by atoms with Crippen molar-refractivity contribution in [2.24, 2.45) is 0 Å². The topological polar surface area (TPSA) is 21.7 Å². The number of rotatable bonds is 7. The quantitative estimate of drug-likeness (QED) is 0.583. The van der Waals surface area contributed by atoms with Crippen LogP contribution in [0.4, 0.5) is 5.69 Å². The predicted molar refractivity (Wildman–Crippen MR) is 70.9 cm³/mol. The van der Waals surface area contributed by atoms with Crippen LogP contribution in [0.15, 0.2) is 24.3 Å². The fraction of sp³-hybridized carbons (Fsp3) is 0.500. The summed E-state index contributed by atoms with van der Waals surface area (Å²) in [5.41, 5.74) is 1.16. The molecule has 0 aliphatic heterocycles. The van der Waals surface area contributed by atoms with E-state index in [0.29, 0.717) is 6.61 Å². The summed E-state index contributed by atoms with van der Waals surface area (Å²) in [7, 11) is 3.72. The first-order valence-corrected chi connectivity index (χ1v) is 5.95. The lowest BCUT2D eigenvalue weighted by Crippen LogP contribution is -2.22. The molecule has 0 fully saturated rings. The van der Waals surface area contributed by atoms with E-state index in [1.807, 2.05) is 31.3 Å². The van der Waals surface area contributed by atoms with Crippen LogP contribution in [0.25, 0.3) is 0 Å². The van der Waals surface area contributed by atoms with E-state index in [1.54, 1.807) is 7.11 Å². The van der Waals surface area contributed by atoms with Crippen LogP contribution in [0.2, 0.25) is 0 Å². The smallest absolute Gasteiger partial charge is 0.119 e. The number of ether oxygens (including phenoxy) is 2. The van der Waals surface area contributed by atoms with E-state index >= 15 is 0 Å². The van der Waals surface area contributed by atoms with Crippen LogP contribution in [0.3, 0.4) is 0 Å². The Balaban J connectivity index is 2.37. The monoisotopic (exact) mass is 241 g/mol. The van der Waals surface area contributed by atoms with Gasteiger partial charge in [-0.2, -0.15) is 12.6 Å².